The highest BCUT2D eigenvalue weighted by molar-refractivity contribution is 7.99. The van der Waals surface area contributed by atoms with Crippen molar-refractivity contribution in [3.8, 4) is 23.3 Å². The van der Waals surface area contributed by atoms with Gasteiger partial charge in [-0.15, -0.1) is 0 Å². The first kappa shape index (κ1) is 35.3. The van der Waals surface area contributed by atoms with Crippen LogP contribution >= 0.6 is 11.9 Å². The van der Waals surface area contributed by atoms with Gasteiger partial charge >= 0.3 is 5.97 Å². The number of hydrogen-bond donors (Lipinski definition) is 3. The van der Waals surface area contributed by atoms with Gasteiger partial charge in [0.25, 0.3) is 0 Å². The summed E-state index contributed by atoms with van der Waals surface area (Å²) < 4.78 is 15.6. The van der Waals surface area contributed by atoms with Crippen molar-refractivity contribution in [3.05, 3.63) is 137 Å². The Balaban J connectivity index is 1.33. The topological polar surface area (TPSA) is 137 Å². The molecule has 254 valence electrons. The molecule has 11 heteroatoms. The van der Waals surface area contributed by atoms with Crippen LogP contribution in [0.3, 0.4) is 0 Å². The Labute approximate surface area is 295 Å². The third kappa shape index (κ3) is 10.0. The zero-order chi connectivity index (χ0) is 35.3. The Hall–Kier alpha value is -5.99. The van der Waals surface area contributed by atoms with E-state index in [0.29, 0.717) is 54.6 Å². The van der Waals surface area contributed by atoms with E-state index in [9.17, 15) is 14.9 Å². The van der Waals surface area contributed by atoms with Crippen molar-refractivity contribution in [2.45, 2.75) is 32.9 Å². The molecule has 3 N–H and O–H groups in total. The molecule has 0 spiro atoms. The number of benzene rings is 4. The lowest BCUT2D eigenvalue weighted by atomic mass is 10.1. The maximum Gasteiger partial charge on any atom is 0.312 e. The molecule has 0 saturated carbocycles. The summed E-state index contributed by atoms with van der Waals surface area (Å²) in [6.45, 7) is 3.69. The molecule has 0 radical (unpaired) electrons. The van der Waals surface area contributed by atoms with E-state index >= 15 is 0 Å². The number of rotatable bonds is 16. The van der Waals surface area contributed by atoms with Gasteiger partial charge in [-0.3, -0.25) is 14.6 Å². The highest BCUT2D eigenvalue weighted by Crippen LogP contribution is 2.34. The lowest BCUT2D eigenvalue weighted by Gasteiger charge is -2.28. The minimum absolute atomic E-state index is 0.306. The van der Waals surface area contributed by atoms with Gasteiger partial charge in [-0.1, -0.05) is 48.3 Å². The van der Waals surface area contributed by atoms with E-state index in [2.05, 4.69) is 45.0 Å². The minimum atomic E-state index is -1.22. The lowest BCUT2D eigenvalue weighted by molar-refractivity contribution is -0.139. The van der Waals surface area contributed by atoms with Gasteiger partial charge in [0, 0.05) is 55.6 Å². The predicted octanol–water partition coefficient (Wildman–Crippen LogP) is 7.99. The van der Waals surface area contributed by atoms with Crippen molar-refractivity contribution >= 4 is 40.9 Å². The van der Waals surface area contributed by atoms with Crippen LogP contribution in [-0.2, 0) is 29.1 Å². The minimum Gasteiger partial charge on any atom is -0.491 e. The Morgan fingerprint density at radius 2 is 1.62 bits per heavy atom. The van der Waals surface area contributed by atoms with Gasteiger partial charge in [-0.2, -0.15) is 5.26 Å². The molecular weight excluding hydrogens is 651 g/mol. The van der Waals surface area contributed by atoms with Crippen molar-refractivity contribution in [1.82, 2.24) is 4.98 Å². The molecule has 0 aliphatic heterocycles. The van der Waals surface area contributed by atoms with E-state index in [1.165, 1.54) is 0 Å². The summed E-state index contributed by atoms with van der Waals surface area (Å²) in [7, 11) is 0. The van der Waals surface area contributed by atoms with Crippen LogP contribution in [0.5, 0.6) is 17.2 Å². The van der Waals surface area contributed by atoms with E-state index in [1.807, 2.05) is 73.0 Å². The largest absolute Gasteiger partial charge is 0.491 e. The molecule has 0 aliphatic rings. The third-order valence-corrected chi connectivity index (χ3v) is 8.18. The quantitative estimate of drug-likeness (QED) is 0.0692. The maximum atomic E-state index is 12.2. The first-order valence-electron chi connectivity index (χ1n) is 15.9. The molecule has 4 aromatic carbocycles. The third-order valence-electron chi connectivity index (χ3n) is 7.76. The number of carbonyl (C=O) groups is 2. The summed E-state index contributed by atoms with van der Waals surface area (Å²) in [5.74, 6) is -0.429. The van der Waals surface area contributed by atoms with Gasteiger partial charge in [0.05, 0.1) is 23.9 Å². The molecule has 0 fully saturated rings. The van der Waals surface area contributed by atoms with E-state index in [4.69, 9.17) is 14.6 Å². The number of aliphatic carboxylic acids is 1. The molecule has 0 bridgehead atoms. The molecule has 5 rings (SSSR count). The van der Waals surface area contributed by atoms with Crippen molar-refractivity contribution < 1.29 is 24.2 Å². The van der Waals surface area contributed by atoms with Crippen LogP contribution < -0.4 is 24.4 Å². The highest BCUT2D eigenvalue weighted by Gasteiger charge is 2.16. The number of nitriles is 1. The van der Waals surface area contributed by atoms with Crippen molar-refractivity contribution in [1.29, 1.82) is 5.26 Å². The van der Waals surface area contributed by atoms with Gasteiger partial charge in [0.15, 0.2) is 0 Å². The second-order valence-electron chi connectivity index (χ2n) is 11.4. The smallest absolute Gasteiger partial charge is 0.312 e. The first-order valence-corrected chi connectivity index (χ1v) is 17.1. The standard InChI is InChI=1S/C39H37N5O5S/c1-27-34(43-50-2)6-3-7-36(27)44(25-30-10-8-28(23-40)9-11-30)26-31-12-14-32(15-13-31)49-33-16-17-35(42-38(45)22-39(46)47)37(21-33)48-20-18-29-5-4-19-41-24-29/h3-17,19,21,24,43H,18,20,22,25-26H2,1-2H3,(H,42,45)(H,46,47). The summed E-state index contributed by atoms with van der Waals surface area (Å²) in [6.07, 6.45) is 5.38. The van der Waals surface area contributed by atoms with Gasteiger partial charge < -0.3 is 29.5 Å². The van der Waals surface area contributed by atoms with Crippen LogP contribution in [-0.4, -0.2) is 34.8 Å². The SMILES string of the molecule is CSNc1cccc(N(Cc2ccc(C#N)cc2)Cc2ccc(Oc3ccc(NC(=O)CC(=O)O)c(OCCc4cccnc4)c3)cc2)c1C. The second-order valence-corrected chi connectivity index (χ2v) is 12.0. The van der Waals surface area contributed by atoms with E-state index < -0.39 is 18.3 Å². The normalized spacial score (nSPS) is 10.5. The molecule has 0 unspecified atom stereocenters. The number of carboxylic acid groups (broad SMARTS) is 1. The van der Waals surface area contributed by atoms with Crippen LogP contribution in [0.15, 0.2) is 109 Å². The fourth-order valence-corrected chi connectivity index (χ4v) is 5.72. The number of ether oxygens (including phenoxy) is 2. The van der Waals surface area contributed by atoms with E-state index in [0.717, 1.165) is 33.6 Å². The summed E-state index contributed by atoms with van der Waals surface area (Å²) in [5.41, 5.74) is 7.41. The Morgan fingerprint density at radius 1 is 0.900 bits per heavy atom. The van der Waals surface area contributed by atoms with Crippen LogP contribution in [0.4, 0.5) is 17.1 Å². The number of amides is 1. The van der Waals surface area contributed by atoms with Crippen LogP contribution in [0, 0.1) is 18.3 Å². The van der Waals surface area contributed by atoms with Gasteiger partial charge in [0.2, 0.25) is 5.91 Å². The van der Waals surface area contributed by atoms with Gasteiger partial charge in [-0.05, 0) is 83.8 Å². The van der Waals surface area contributed by atoms with Crippen molar-refractivity contribution in [2.75, 3.05) is 27.8 Å². The number of nitrogens with zero attached hydrogens (tertiary/aromatic N) is 3. The molecule has 50 heavy (non-hydrogen) atoms. The zero-order valence-electron chi connectivity index (χ0n) is 27.8. The van der Waals surface area contributed by atoms with Crippen LogP contribution in [0.2, 0.25) is 0 Å². The summed E-state index contributed by atoms with van der Waals surface area (Å²) in [5, 5.41) is 20.9. The van der Waals surface area contributed by atoms with E-state index in [1.54, 1.807) is 42.5 Å². The second kappa shape index (κ2) is 17.4. The molecule has 5 aromatic rings. The van der Waals surface area contributed by atoms with Crippen molar-refractivity contribution in [3.63, 3.8) is 0 Å². The molecule has 1 amide bonds. The summed E-state index contributed by atoms with van der Waals surface area (Å²) >= 11 is 1.55. The number of anilines is 3. The predicted molar refractivity (Wildman–Crippen MR) is 197 cm³/mol. The molecule has 1 aromatic heterocycles. The molecule has 10 nitrogen and oxygen atoms in total. The molecule has 1 heterocycles. The number of pyridine rings is 1. The number of aromatic nitrogens is 1. The van der Waals surface area contributed by atoms with E-state index in [-0.39, 0.29) is 0 Å². The van der Waals surface area contributed by atoms with Crippen LogP contribution in [0.25, 0.3) is 0 Å². The molecule has 0 aliphatic carbocycles. The fourth-order valence-electron chi connectivity index (χ4n) is 5.28. The van der Waals surface area contributed by atoms with Gasteiger partial charge in [0.1, 0.15) is 23.7 Å². The monoisotopic (exact) mass is 687 g/mol. The highest BCUT2D eigenvalue weighted by atomic mass is 32.2. The maximum absolute atomic E-state index is 12.2. The fraction of sp³-hybridized carbons (Fsp3) is 0.179. The van der Waals surface area contributed by atoms with Crippen molar-refractivity contribution in [2.24, 2.45) is 0 Å². The zero-order valence-corrected chi connectivity index (χ0v) is 28.6. The lowest BCUT2D eigenvalue weighted by Crippen LogP contribution is -2.23. The Bertz CT molecular complexity index is 1950. The Kier molecular flexibility index (Phi) is 12.3. The molecular formula is C39H37N5O5S. The average molecular weight is 688 g/mol. The number of carbonyl (C=O) groups excluding carboxylic acids is 1. The number of nitrogens with one attached hydrogen (secondary N) is 2. The number of carboxylic acids is 1. The molecule has 0 saturated heterocycles. The first-order chi connectivity index (χ1) is 24.3. The number of hydrogen-bond acceptors (Lipinski definition) is 9. The average Bonchev–Trinajstić information content (AvgIpc) is 3.11. The molecule has 0 atom stereocenters. The Morgan fingerprint density at radius 3 is 2.28 bits per heavy atom. The van der Waals surface area contributed by atoms with Crippen LogP contribution in [0.1, 0.15) is 34.2 Å². The van der Waals surface area contributed by atoms with Gasteiger partial charge in [-0.25, -0.2) is 0 Å². The summed E-state index contributed by atoms with van der Waals surface area (Å²) in [4.78, 5) is 29.7. The summed E-state index contributed by atoms with van der Waals surface area (Å²) in [6, 6.07) is 32.7.